The number of aryl methyl sites for hydroxylation is 1. The lowest BCUT2D eigenvalue weighted by molar-refractivity contribution is 0.378. The van der Waals surface area contributed by atoms with Crippen molar-refractivity contribution in [3.05, 3.63) is 69.0 Å². The minimum atomic E-state index is -0.158. The molecule has 3 atom stereocenters. The largest absolute Gasteiger partial charge is 0.339 e. The summed E-state index contributed by atoms with van der Waals surface area (Å²) in [5.41, 5.74) is 4.31. The average Bonchev–Trinajstić information content (AvgIpc) is 3.37. The molecular weight excluding hydrogens is 352 g/mol. The highest BCUT2D eigenvalue weighted by atomic mass is 16.5. The molecule has 1 saturated carbocycles. The fourth-order valence-corrected chi connectivity index (χ4v) is 4.31. The molecule has 6 nitrogen and oxygen atoms in total. The van der Waals surface area contributed by atoms with Crippen LogP contribution in [0.2, 0.25) is 0 Å². The van der Waals surface area contributed by atoms with E-state index in [-0.39, 0.29) is 17.4 Å². The third kappa shape index (κ3) is 2.84. The first-order valence-electron chi connectivity index (χ1n) is 9.74. The highest BCUT2D eigenvalue weighted by Crippen LogP contribution is 2.54. The maximum Gasteiger partial charge on any atom is 0.259 e. The first kappa shape index (κ1) is 16.9. The molecule has 6 heteroatoms. The van der Waals surface area contributed by atoms with E-state index in [0.717, 1.165) is 36.9 Å². The Bertz CT molecular complexity index is 1150. The molecule has 140 valence electrons. The van der Waals surface area contributed by atoms with Gasteiger partial charge in [-0.3, -0.25) is 4.79 Å². The molecule has 1 fully saturated rings. The van der Waals surface area contributed by atoms with E-state index in [9.17, 15) is 4.79 Å². The van der Waals surface area contributed by atoms with Gasteiger partial charge in [0.2, 0.25) is 11.7 Å². The fourth-order valence-electron chi connectivity index (χ4n) is 4.31. The van der Waals surface area contributed by atoms with Crippen LogP contribution in [0.25, 0.3) is 11.4 Å². The van der Waals surface area contributed by atoms with Crippen LogP contribution in [0, 0.1) is 11.3 Å². The summed E-state index contributed by atoms with van der Waals surface area (Å²) in [4.78, 5) is 20.1. The van der Waals surface area contributed by atoms with Crippen LogP contribution in [-0.4, -0.2) is 15.1 Å². The van der Waals surface area contributed by atoms with Gasteiger partial charge in [0.05, 0.1) is 17.2 Å². The highest BCUT2D eigenvalue weighted by Gasteiger charge is 2.44. The summed E-state index contributed by atoms with van der Waals surface area (Å²) in [6.45, 7) is 2.15. The predicted octanol–water partition coefficient (Wildman–Crippen LogP) is 4.01. The summed E-state index contributed by atoms with van der Waals surface area (Å²) in [5, 5.41) is 13.2. The van der Waals surface area contributed by atoms with Crippen molar-refractivity contribution in [1.29, 1.82) is 5.26 Å². The van der Waals surface area contributed by atoms with E-state index < -0.39 is 0 Å². The van der Waals surface area contributed by atoms with Gasteiger partial charge in [0.25, 0.3) is 5.56 Å². The van der Waals surface area contributed by atoms with Gasteiger partial charge in [0.15, 0.2) is 0 Å². The van der Waals surface area contributed by atoms with Crippen molar-refractivity contribution in [1.82, 2.24) is 15.1 Å². The molecule has 0 saturated heterocycles. The normalized spacial score (nSPS) is 23.1. The van der Waals surface area contributed by atoms with Gasteiger partial charge in [-0.2, -0.15) is 10.2 Å². The molecule has 5 rings (SSSR count). The minimum Gasteiger partial charge on any atom is -0.339 e. The molecule has 2 heterocycles. The molecule has 1 N–H and O–H groups in total. The molecule has 28 heavy (non-hydrogen) atoms. The van der Waals surface area contributed by atoms with Crippen LogP contribution in [0.1, 0.15) is 72.2 Å². The first-order chi connectivity index (χ1) is 13.6. The number of hydrogen-bond acceptors (Lipinski definition) is 5. The number of aromatic amines is 1. The van der Waals surface area contributed by atoms with Gasteiger partial charge in [-0.25, -0.2) is 0 Å². The van der Waals surface area contributed by atoms with Crippen LogP contribution in [-0.2, 0) is 6.42 Å². The van der Waals surface area contributed by atoms with Gasteiger partial charge >= 0.3 is 0 Å². The van der Waals surface area contributed by atoms with Crippen LogP contribution < -0.4 is 5.56 Å². The Morgan fingerprint density at radius 3 is 3.04 bits per heavy atom. The van der Waals surface area contributed by atoms with Gasteiger partial charge in [-0.1, -0.05) is 24.2 Å². The number of rotatable bonds is 3. The number of H-pyrrole nitrogens is 1. The topological polar surface area (TPSA) is 95.6 Å². The smallest absolute Gasteiger partial charge is 0.259 e. The number of hydrogen-bond donors (Lipinski definition) is 1. The maximum absolute atomic E-state index is 12.6. The van der Waals surface area contributed by atoms with Gasteiger partial charge in [-0.05, 0) is 66.8 Å². The monoisotopic (exact) mass is 372 g/mol. The Kier molecular flexibility index (Phi) is 3.90. The number of fused-ring (bicyclic) bond motifs is 1. The van der Waals surface area contributed by atoms with E-state index in [0.29, 0.717) is 28.8 Å². The van der Waals surface area contributed by atoms with Crippen molar-refractivity contribution in [3.8, 4) is 17.5 Å². The van der Waals surface area contributed by atoms with Gasteiger partial charge in [-0.15, -0.1) is 0 Å². The van der Waals surface area contributed by atoms with E-state index in [1.54, 1.807) is 6.07 Å². The molecule has 0 amide bonds. The second-order valence-electron chi connectivity index (χ2n) is 7.89. The zero-order valence-corrected chi connectivity index (χ0v) is 15.6. The second kappa shape index (κ2) is 6.45. The van der Waals surface area contributed by atoms with E-state index in [2.05, 4.69) is 28.1 Å². The third-order valence-electron chi connectivity index (χ3n) is 5.97. The summed E-state index contributed by atoms with van der Waals surface area (Å²) in [6, 6.07) is 11.7. The first-order valence-corrected chi connectivity index (χ1v) is 9.74. The van der Waals surface area contributed by atoms with Crippen molar-refractivity contribution < 1.29 is 4.52 Å². The molecule has 1 unspecified atom stereocenters. The molecule has 0 spiro atoms. The van der Waals surface area contributed by atoms with E-state index in [4.69, 9.17) is 9.78 Å². The van der Waals surface area contributed by atoms with E-state index in [1.165, 1.54) is 5.56 Å². The number of benzene rings is 1. The van der Waals surface area contributed by atoms with Crippen LogP contribution >= 0.6 is 0 Å². The molecular formula is C22H20N4O2. The Morgan fingerprint density at radius 1 is 1.29 bits per heavy atom. The van der Waals surface area contributed by atoms with Crippen molar-refractivity contribution in [2.75, 3.05) is 0 Å². The average molecular weight is 372 g/mol. The Balaban J connectivity index is 1.42. The van der Waals surface area contributed by atoms with Crippen LogP contribution in [0.3, 0.4) is 0 Å². The number of nitrogens with one attached hydrogen (secondary N) is 1. The number of nitrogens with zero attached hydrogens (tertiary/aromatic N) is 3. The second-order valence-corrected chi connectivity index (χ2v) is 7.89. The van der Waals surface area contributed by atoms with Crippen molar-refractivity contribution in [2.24, 2.45) is 0 Å². The molecule has 2 aliphatic rings. The standard InChI is InChI=1S/C22H20N4O2/c1-12-4-2-7-15-9-18(21(27)24-19(12)15)20-25-22(28-26-20)17-10-16(17)14-6-3-5-13(8-14)11-23/h3,5-6,8-9,12,16-17H,2,4,7,10H2,1H3,(H,24,27)/t12?,16-,17+/m0/s1. The predicted molar refractivity (Wildman–Crippen MR) is 103 cm³/mol. The highest BCUT2D eigenvalue weighted by molar-refractivity contribution is 5.55. The minimum absolute atomic E-state index is 0.145. The summed E-state index contributed by atoms with van der Waals surface area (Å²) in [7, 11) is 0. The van der Waals surface area contributed by atoms with Crippen LogP contribution in [0.5, 0.6) is 0 Å². The quantitative estimate of drug-likeness (QED) is 0.749. The molecule has 0 radical (unpaired) electrons. The maximum atomic E-state index is 12.6. The third-order valence-corrected chi connectivity index (χ3v) is 5.97. The molecule has 1 aromatic carbocycles. The van der Waals surface area contributed by atoms with Crippen LogP contribution in [0.4, 0.5) is 0 Å². The Hall–Kier alpha value is -3.20. The van der Waals surface area contributed by atoms with Crippen molar-refractivity contribution in [3.63, 3.8) is 0 Å². The van der Waals surface area contributed by atoms with E-state index in [1.807, 2.05) is 24.3 Å². The van der Waals surface area contributed by atoms with Crippen LogP contribution in [0.15, 0.2) is 39.6 Å². The molecule has 2 aromatic heterocycles. The zero-order chi connectivity index (χ0) is 19.3. The summed E-state index contributed by atoms with van der Waals surface area (Å²) < 4.78 is 5.49. The lowest BCUT2D eigenvalue weighted by Gasteiger charge is -2.21. The lowest BCUT2D eigenvalue weighted by Crippen LogP contribution is -2.19. The zero-order valence-electron chi connectivity index (χ0n) is 15.6. The van der Waals surface area contributed by atoms with Gasteiger partial charge in [0, 0.05) is 11.6 Å². The molecule has 0 bridgehead atoms. The summed E-state index contributed by atoms with van der Waals surface area (Å²) in [6.07, 6.45) is 4.11. The number of aromatic nitrogens is 3. The molecule has 2 aliphatic carbocycles. The Labute approximate surface area is 162 Å². The summed E-state index contributed by atoms with van der Waals surface area (Å²) >= 11 is 0. The fraction of sp³-hybridized carbons (Fsp3) is 0.364. The van der Waals surface area contributed by atoms with E-state index >= 15 is 0 Å². The molecule has 3 aromatic rings. The SMILES string of the molecule is CC1CCCc2cc(-c3noc([C@@H]4C[C@H]4c4cccc(C#N)c4)n3)c(=O)[nH]c21. The van der Waals surface area contributed by atoms with Gasteiger partial charge < -0.3 is 9.51 Å². The number of pyridine rings is 1. The lowest BCUT2D eigenvalue weighted by atomic mass is 9.87. The number of nitriles is 1. The van der Waals surface area contributed by atoms with Crippen molar-refractivity contribution in [2.45, 2.75) is 50.4 Å². The van der Waals surface area contributed by atoms with Crippen molar-refractivity contribution >= 4 is 0 Å². The summed E-state index contributed by atoms with van der Waals surface area (Å²) in [5.74, 6) is 1.72. The molecule has 0 aliphatic heterocycles. The van der Waals surface area contributed by atoms with Gasteiger partial charge in [0.1, 0.15) is 0 Å². The Morgan fingerprint density at radius 2 is 2.18 bits per heavy atom.